The van der Waals surface area contributed by atoms with E-state index in [1.807, 2.05) is 37.1 Å². The number of carbonyl (C=O) groups is 2. The minimum absolute atomic E-state index is 0.0901. The molecule has 0 unspecified atom stereocenters. The highest BCUT2D eigenvalue weighted by Gasteiger charge is 2.23. The molecule has 0 saturated carbocycles. The first-order valence-electron chi connectivity index (χ1n) is 16.2. The Hall–Kier alpha value is -4.80. The number of carbonyl (C=O) groups excluding carboxylic acids is 2. The third kappa shape index (κ3) is 8.56. The number of hydrogen-bond donors (Lipinski definition) is 5. The van der Waals surface area contributed by atoms with Crippen LogP contribution in [0.5, 0.6) is 5.75 Å². The lowest BCUT2D eigenvalue weighted by Crippen LogP contribution is -2.47. The summed E-state index contributed by atoms with van der Waals surface area (Å²) < 4.78 is 11.3. The first-order valence-corrected chi connectivity index (χ1v) is 16.2. The number of hydrogen-bond acceptors (Lipinski definition) is 14. The number of piperazine rings is 1. The molecule has 0 atom stereocenters. The van der Waals surface area contributed by atoms with Crippen molar-refractivity contribution in [3.05, 3.63) is 47.5 Å². The Balaban J connectivity index is 1.18. The summed E-state index contributed by atoms with van der Waals surface area (Å²) in [4.78, 5) is 48.3. The summed E-state index contributed by atoms with van der Waals surface area (Å²) in [5.41, 5.74) is 9.96. The van der Waals surface area contributed by atoms with Crippen molar-refractivity contribution in [2.75, 3.05) is 87.1 Å². The van der Waals surface area contributed by atoms with Crippen LogP contribution < -0.4 is 36.4 Å². The molecule has 5 rings (SSSR count). The Morgan fingerprint density at radius 1 is 1.10 bits per heavy atom. The molecule has 0 bridgehead atoms. The molecule has 0 spiro atoms. The van der Waals surface area contributed by atoms with Crippen molar-refractivity contribution in [1.29, 1.82) is 0 Å². The molecule has 0 aliphatic carbocycles. The van der Waals surface area contributed by atoms with E-state index in [2.05, 4.69) is 35.4 Å². The highest BCUT2D eigenvalue weighted by atomic mass is 16.5. The summed E-state index contributed by atoms with van der Waals surface area (Å²) in [6.07, 6.45) is 6.04. The van der Waals surface area contributed by atoms with Gasteiger partial charge in [0.25, 0.3) is 11.8 Å². The van der Waals surface area contributed by atoms with E-state index >= 15 is 0 Å². The number of primary amides is 1. The maximum atomic E-state index is 12.4. The molecular weight excluding hydrogens is 618 g/mol. The van der Waals surface area contributed by atoms with Crippen LogP contribution in [0.4, 0.5) is 29.0 Å². The van der Waals surface area contributed by atoms with Gasteiger partial charge in [0.15, 0.2) is 17.3 Å². The number of rotatable bonds is 14. The Morgan fingerprint density at radius 2 is 1.83 bits per heavy atom. The zero-order chi connectivity index (χ0) is 34.0. The molecule has 2 fully saturated rings. The van der Waals surface area contributed by atoms with E-state index in [0.29, 0.717) is 54.3 Å². The third-order valence-corrected chi connectivity index (χ3v) is 8.57. The molecule has 6 N–H and O–H groups in total. The first-order chi connectivity index (χ1) is 23.3. The van der Waals surface area contributed by atoms with E-state index < -0.39 is 11.8 Å². The average Bonchev–Trinajstić information content (AvgIpc) is 3.12. The normalized spacial score (nSPS) is 15.5. The molecule has 0 radical (unpaired) electrons. The van der Waals surface area contributed by atoms with Gasteiger partial charge >= 0.3 is 0 Å². The van der Waals surface area contributed by atoms with E-state index in [1.54, 1.807) is 12.6 Å². The molecule has 4 heterocycles. The maximum absolute atomic E-state index is 12.4. The second-order valence-electron chi connectivity index (χ2n) is 11.8. The lowest BCUT2D eigenvalue weighted by molar-refractivity contribution is 0.0705. The van der Waals surface area contributed by atoms with Crippen molar-refractivity contribution in [1.82, 2.24) is 30.3 Å². The van der Waals surface area contributed by atoms with Gasteiger partial charge in [-0.2, -0.15) is 0 Å². The van der Waals surface area contributed by atoms with E-state index in [4.69, 9.17) is 25.4 Å². The van der Waals surface area contributed by atoms with E-state index in [-0.39, 0.29) is 17.3 Å². The lowest BCUT2D eigenvalue weighted by Gasteiger charge is -2.37. The Labute approximate surface area is 280 Å². The number of nitrogens with zero attached hydrogens (tertiary/aromatic N) is 7. The van der Waals surface area contributed by atoms with Crippen LogP contribution in [0.2, 0.25) is 0 Å². The highest BCUT2D eigenvalue weighted by molar-refractivity contribution is 5.96. The Bertz CT molecular complexity index is 1540. The van der Waals surface area contributed by atoms with Gasteiger partial charge in [-0.15, -0.1) is 0 Å². The topological polar surface area (TPSA) is 196 Å². The summed E-state index contributed by atoms with van der Waals surface area (Å²) in [6, 6.07) is 6.07. The van der Waals surface area contributed by atoms with Crippen LogP contribution in [0.1, 0.15) is 52.7 Å². The molecule has 1 aromatic carbocycles. The van der Waals surface area contributed by atoms with E-state index in [1.165, 1.54) is 12.4 Å². The van der Waals surface area contributed by atoms with Gasteiger partial charge in [-0.3, -0.25) is 19.7 Å². The monoisotopic (exact) mass is 663 g/mol. The van der Waals surface area contributed by atoms with Gasteiger partial charge in [-0.1, -0.05) is 6.92 Å². The summed E-state index contributed by atoms with van der Waals surface area (Å²) in [5, 5.41) is 15.5. The van der Waals surface area contributed by atoms with Gasteiger partial charge < -0.3 is 35.6 Å². The molecule has 16 nitrogen and oxygen atoms in total. The van der Waals surface area contributed by atoms with Crippen LogP contribution in [-0.4, -0.2) is 115 Å². The van der Waals surface area contributed by atoms with Crippen molar-refractivity contribution >= 4 is 40.8 Å². The quantitative estimate of drug-likeness (QED) is 0.124. The second kappa shape index (κ2) is 16.3. The fourth-order valence-corrected chi connectivity index (χ4v) is 5.82. The number of benzene rings is 1. The molecule has 48 heavy (non-hydrogen) atoms. The lowest BCUT2D eigenvalue weighted by atomic mass is 10.1. The molecule has 16 heteroatoms. The Morgan fingerprint density at radius 3 is 2.48 bits per heavy atom. The third-order valence-electron chi connectivity index (χ3n) is 8.57. The van der Waals surface area contributed by atoms with Gasteiger partial charge in [0, 0.05) is 83.2 Å². The zero-order valence-corrected chi connectivity index (χ0v) is 27.7. The maximum Gasteiger partial charge on any atom is 0.277 e. The summed E-state index contributed by atoms with van der Waals surface area (Å²) in [7, 11) is 3.56. The number of amides is 2. The number of nitrogens with one attached hydrogen (secondary N) is 3. The molecule has 2 aromatic heterocycles. The zero-order valence-electron chi connectivity index (χ0n) is 27.7. The van der Waals surface area contributed by atoms with Gasteiger partial charge in [0.05, 0.1) is 24.1 Å². The molecule has 2 saturated heterocycles. The van der Waals surface area contributed by atoms with Gasteiger partial charge in [-0.05, 0) is 44.4 Å². The summed E-state index contributed by atoms with van der Waals surface area (Å²) >= 11 is 0. The average molecular weight is 664 g/mol. The van der Waals surface area contributed by atoms with Gasteiger partial charge in [-0.25, -0.2) is 25.4 Å². The largest absolute Gasteiger partial charge is 0.495 e. The second-order valence-corrected chi connectivity index (χ2v) is 11.8. The minimum Gasteiger partial charge on any atom is -0.495 e. The summed E-state index contributed by atoms with van der Waals surface area (Å²) in [6.45, 7) is 8.52. The smallest absolute Gasteiger partial charge is 0.277 e. The highest BCUT2D eigenvalue weighted by Crippen LogP contribution is 2.34. The van der Waals surface area contributed by atoms with Crippen molar-refractivity contribution in [3.8, 4) is 5.75 Å². The summed E-state index contributed by atoms with van der Waals surface area (Å²) in [5.74, 6) is 0.858. The van der Waals surface area contributed by atoms with E-state index in [9.17, 15) is 9.59 Å². The van der Waals surface area contributed by atoms with Crippen molar-refractivity contribution in [2.45, 2.75) is 38.6 Å². The molecule has 2 aliphatic heterocycles. The van der Waals surface area contributed by atoms with Crippen LogP contribution in [0.3, 0.4) is 0 Å². The minimum atomic E-state index is -0.651. The van der Waals surface area contributed by atoms with Gasteiger partial charge in [0.1, 0.15) is 5.75 Å². The standard InChI is InChI=1S/C32H45N11O5/c1-4-24-29(36-22-8-16-48-17-9-22)39-30(27(38-24)28(33)44)37-23-6-7-25(26(18-23)47-3)43-14-12-42(13-15-43)11-5-10-41(2)32-34-19-21(20-35-32)31(45)40-46/h6-7,18-20,22,46H,4-5,8-17H2,1-3H3,(H2,33,44)(H,40,45)(H2,36,37,39). The van der Waals surface area contributed by atoms with Crippen LogP contribution >= 0.6 is 0 Å². The number of ether oxygens (including phenoxy) is 2. The van der Waals surface area contributed by atoms with Crippen LogP contribution in [0.25, 0.3) is 0 Å². The van der Waals surface area contributed by atoms with Crippen LogP contribution in [-0.2, 0) is 11.2 Å². The number of methoxy groups -OCH3 is 1. The number of anilines is 5. The van der Waals surface area contributed by atoms with Crippen molar-refractivity contribution < 1.29 is 24.3 Å². The SMILES string of the molecule is CCc1nc(C(N)=O)c(Nc2ccc(N3CCN(CCCN(C)c4ncc(C(=O)NO)cn4)CC3)c(OC)c2)nc1NC1CCOCC1. The fourth-order valence-electron chi connectivity index (χ4n) is 5.82. The predicted molar refractivity (Wildman–Crippen MR) is 181 cm³/mol. The number of hydroxylamine groups is 1. The number of nitrogens with two attached hydrogens (primary N) is 1. The molecule has 258 valence electrons. The number of aryl methyl sites for hydroxylation is 1. The van der Waals surface area contributed by atoms with Crippen molar-refractivity contribution in [2.24, 2.45) is 5.73 Å². The predicted octanol–water partition coefficient (Wildman–Crippen LogP) is 2.04. The Kier molecular flexibility index (Phi) is 11.8. The molecule has 2 aliphatic rings. The van der Waals surface area contributed by atoms with Crippen molar-refractivity contribution in [3.63, 3.8) is 0 Å². The first kappa shape index (κ1) is 34.5. The fraction of sp³-hybridized carbons (Fsp3) is 0.500. The number of aromatic nitrogens is 4. The van der Waals surface area contributed by atoms with Crippen LogP contribution in [0, 0.1) is 0 Å². The van der Waals surface area contributed by atoms with Crippen LogP contribution in [0.15, 0.2) is 30.6 Å². The van der Waals surface area contributed by atoms with Gasteiger partial charge in [0.2, 0.25) is 5.95 Å². The molecule has 3 aromatic rings. The molecule has 2 amide bonds. The van der Waals surface area contributed by atoms with E-state index in [0.717, 1.165) is 64.2 Å². The molecular formula is C32H45N11O5.